The number of aromatic hydroxyl groups is 1. The van der Waals surface area contributed by atoms with Crippen LogP contribution in [0.1, 0.15) is 25.0 Å². The Kier molecular flexibility index (Phi) is 11.1. The molecule has 0 bridgehead atoms. The standard InChI is InChI=1S/C32H39F3N7O7P/c1-5-48-50(46,49-6-2)19-20-7-8-23(26(15-20)47-4)38-31-36-16-22(32(33,34)35)29(39-31)37-24-9-10-25(21-17-40(3)30(45)28(21)24)42-13-11-41(12-14-42)18-27(43)44/h7-10,15-17,45H,5-6,11-14,18-19H2,1-4H3,(H,43,44)(H2,36,37,38,39). The highest BCUT2D eigenvalue weighted by atomic mass is 31.2. The van der Waals surface area contributed by atoms with Gasteiger partial charge in [-0.15, -0.1) is 0 Å². The molecule has 270 valence electrons. The zero-order chi connectivity index (χ0) is 36.2. The molecule has 4 aromatic rings. The Morgan fingerprint density at radius 3 is 2.34 bits per heavy atom. The van der Waals surface area contributed by atoms with Crippen LogP contribution in [0.4, 0.5) is 42.0 Å². The first-order valence-electron chi connectivity index (χ1n) is 15.8. The molecule has 5 rings (SSSR count). The Labute approximate surface area is 286 Å². The summed E-state index contributed by atoms with van der Waals surface area (Å²) in [6.07, 6.45) is -2.49. The molecule has 3 heterocycles. The smallest absolute Gasteiger partial charge is 0.421 e. The van der Waals surface area contributed by atoms with Gasteiger partial charge in [0.2, 0.25) is 11.8 Å². The fraction of sp³-hybridized carbons (Fsp3) is 0.406. The van der Waals surface area contributed by atoms with Gasteiger partial charge in [0.1, 0.15) is 17.1 Å². The lowest BCUT2D eigenvalue weighted by molar-refractivity contribution is -0.138. The summed E-state index contributed by atoms with van der Waals surface area (Å²) < 4.78 is 73.5. The summed E-state index contributed by atoms with van der Waals surface area (Å²) in [6.45, 7) is 5.80. The number of aryl methyl sites for hydroxylation is 1. The number of aliphatic carboxylic acids is 1. The number of carbonyl (C=O) groups is 1. The van der Waals surface area contributed by atoms with E-state index in [2.05, 4.69) is 20.6 Å². The molecule has 1 aliphatic rings. The van der Waals surface area contributed by atoms with E-state index in [1.807, 2.05) is 9.80 Å². The molecule has 0 amide bonds. The van der Waals surface area contributed by atoms with Crippen LogP contribution in [-0.2, 0) is 37.8 Å². The summed E-state index contributed by atoms with van der Waals surface area (Å²) >= 11 is 0. The highest BCUT2D eigenvalue weighted by Crippen LogP contribution is 2.52. The number of carboxylic acids is 1. The third-order valence-corrected chi connectivity index (χ3v) is 10.1. The van der Waals surface area contributed by atoms with Crippen LogP contribution in [0.25, 0.3) is 10.8 Å². The topological polar surface area (TPSA) is 164 Å². The molecule has 0 atom stereocenters. The van der Waals surface area contributed by atoms with E-state index >= 15 is 0 Å². The number of hydrogen-bond acceptors (Lipinski definition) is 12. The number of hydrogen-bond donors (Lipinski definition) is 4. The number of ether oxygens (including phenoxy) is 1. The van der Waals surface area contributed by atoms with E-state index < -0.39 is 31.1 Å². The second-order valence-electron chi connectivity index (χ2n) is 11.5. The number of anilines is 5. The van der Waals surface area contributed by atoms with Gasteiger partial charge in [-0.25, -0.2) is 4.98 Å². The van der Waals surface area contributed by atoms with E-state index in [1.165, 1.54) is 11.7 Å². The van der Waals surface area contributed by atoms with Crippen LogP contribution in [-0.4, -0.2) is 88.7 Å². The van der Waals surface area contributed by atoms with Crippen LogP contribution < -0.4 is 20.3 Å². The first-order chi connectivity index (χ1) is 23.7. The fourth-order valence-electron chi connectivity index (χ4n) is 5.80. The molecule has 0 saturated carbocycles. The van der Waals surface area contributed by atoms with Crippen LogP contribution in [0, 0.1) is 0 Å². The van der Waals surface area contributed by atoms with Gasteiger partial charge in [-0.3, -0.25) is 14.3 Å². The second kappa shape index (κ2) is 15.1. The number of halogens is 3. The highest BCUT2D eigenvalue weighted by molar-refractivity contribution is 7.53. The number of nitrogens with one attached hydrogen (secondary N) is 2. The molecule has 18 heteroatoms. The van der Waals surface area contributed by atoms with Crippen molar-refractivity contribution >= 4 is 53.2 Å². The molecule has 0 radical (unpaired) electrons. The zero-order valence-electron chi connectivity index (χ0n) is 28.0. The lowest BCUT2D eigenvalue weighted by Crippen LogP contribution is -2.48. The zero-order valence-corrected chi connectivity index (χ0v) is 28.8. The van der Waals surface area contributed by atoms with E-state index in [-0.39, 0.29) is 54.6 Å². The third-order valence-electron chi connectivity index (χ3n) is 8.06. The molecule has 14 nitrogen and oxygen atoms in total. The van der Waals surface area contributed by atoms with Gasteiger partial charge in [0.05, 0.1) is 49.8 Å². The molecule has 2 aromatic carbocycles. The summed E-state index contributed by atoms with van der Waals surface area (Å²) in [5.41, 5.74) is 0.713. The maximum absolute atomic E-state index is 14.2. The molecule has 50 heavy (non-hydrogen) atoms. The normalized spacial score (nSPS) is 14.3. The number of benzene rings is 2. The average Bonchev–Trinajstić information content (AvgIpc) is 3.35. The molecule has 0 aliphatic carbocycles. The summed E-state index contributed by atoms with van der Waals surface area (Å²) in [5, 5.41) is 26.7. The van der Waals surface area contributed by atoms with Crippen LogP contribution in [0.5, 0.6) is 11.6 Å². The minimum Gasteiger partial charge on any atom is -0.495 e. The quantitative estimate of drug-likeness (QED) is 0.110. The lowest BCUT2D eigenvalue weighted by Gasteiger charge is -2.35. The van der Waals surface area contributed by atoms with Crippen molar-refractivity contribution in [3.8, 4) is 11.6 Å². The van der Waals surface area contributed by atoms with Crippen molar-refractivity contribution in [1.82, 2.24) is 19.4 Å². The van der Waals surface area contributed by atoms with E-state index in [1.54, 1.807) is 57.4 Å². The van der Waals surface area contributed by atoms with Crippen molar-refractivity contribution in [2.24, 2.45) is 7.05 Å². The number of aromatic nitrogens is 3. The molecular weight excluding hydrogens is 682 g/mol. The molecule has 2 aromatic heterocycles. The summed E-state index contributed by atoms with van der Waals surface area (Å²) in [6, 6.07) is 8.17. The van der Waals surface area contributed by atoms with E-state index in [9.17, 15) is 27.6 Å². The number of fused-ring (bicyclic) bond motifs is 1. The first-order valence-corrected chi connectivity index (χ1v) is 17.5. The predicted octanol–water partition coefficient (Wildman–Crippen LogP) is 6.16. The minimum atomic E-state index is -4.82. The van der Waals surface area contributed by atoms with Crippen LogP contribution in [0.3, 0.4) is 0 Å². The Morgan fingerprint density at radius 1 is 1.04 bits per heavy atom. The van der Waals surface area contributed by atoms with Gasteiger partial charge in [0.25, 0.3) is 0 Å². The number of nitrogens with zero attached hydrogens (tertiary/aromatic N) is 5. The van der Waals surface area contributed by atoms with Gasteiger partial charge in [-0.2, -0.15) is 18.2 Å². The van der Waals surface area contributed by atoms with Crippen LogP contribution >= 0.6 is 7.60 Å². The molecule has 1 fully saturated rings. The number of carboxylic acid groups (broad SMARTS) is 1. The number of piperazine rings is 1. The Balaban J connectivity index is 1.45. The minimum absolute atomic E-state index is 0.0172. The Bertz CT molecular complexity index is 1890. The van der Waals surface area contributed by atoms with Crippen molar-refractivity contribution in [1.29, 1.82) is 0 Å². The molecular formula is C32H39F3N7O7P. The molecule has 4 N–H and O–H groups in total. The van der Waals surface area contributed by atoms with Crippen molar-refractivity contribution in [3.63, 3.8) is 0 Å². The summed E-state index contributed by atoms with van der Waals surface area (Å²) in [5.74, 6) is -1.52. The van der Waals surface area contributed by atoms with Gasteiger partial charge in [0, 0.05) is 56.7 Å². The number of methoxy groups -OCH3 is 1. The molecule has 1 saturated heterocycles. The van der Waals surface area contributed by atoms with Gasteiger partial charge >= 0.3 is 19.7 Å². The molecule has 0 spiro atoms. The SMILES string of the molecule is CCOP(=O)(Cc1ccc(Nc2ncc(C(F)(F)F)c(Nc3ccc(N4CCN(CC(=O)O)CC4)c4cn(C)c(O)c34)n2)c(OC)c1)OCC. The number of rotatable bonds is 14. The largest absolute Gasteiger partial charge is 0.495 e. The third kappa shape index (κ3) is 8.24. The lowest BCUT2D eigenvalue weighted by atomic mass is 10.1. The molecule has 1 aliphatic heterocycles. The number of alkyl halides is 3. The predicted molar refractivity (Wildman–Crippen MR) is 182 cm³/mol. The van der Waals surface area contributed by atoms with Gasteiger partial charge in [-0.1, -0.05) is 6.07 Å². The van der Waals surface area contributed by atoms with Crippen molar-refractivity contribution in [3.05, 3.63) is 53.9 Å². The Morgan fingerprint density at radius 2 is 1.72 bits per heavy atom. The van der Waals surface area contributed by atoms with Gasteiger partial charge in [-0.05, 0) is 43.7 Å². The monoisotopic (exact) mass is 721 g/mol. The molecule has 0 unspecified atom stereocenters. The summed E-state index contributed by atoms with van der Waals surface area (Å²) in [7, 11) is -0.385. The van der Waals surface area contributed by atoms with Crippen molar-refractivity contribution < 1.29 is 46.5 Å². The fourth-order valence-corrected chi connectivity index (χ4v) is 7.49. The van der Waals surface area contributed by atoms with Crippen molar-refractivity contribution in [2.75, 3.05) is 68.6 Å². The van der Waals surface area contributed by atoms with E-state index in [4.69, 9.17) is 18.9 Å². The van der Waals surface area contributed by atoms with E-state index in [0.29, 0.717) is 49.0 Å². The van der Waals surface area contributed by atoms with E-state index in [0.717, 1.165) is 5.69 Å². The maximum Gasteiger partial charge on any atom is 0.421 e. The first kappa shape index (κ1) is 36.7. The summed E-state index contributed by atoms with van der Waals surface area (Å²) in [4.78, 5) is 23.1. The second-order valence-corrected chi connectivity index (χ2v) is 13.5. The maximum atomic E-state index is 14.2. The van der Waals surface area contributed by atoms with Gasteiger partial charge in [0.15, 0.2) is 0 Å². The van der Waals surface area contributed by atoms with Crippen molar-refractivity contribution in [2.45, 2.75) is 26.2 Å². The van der Waals surface area contributed by atoms with Gasteiger partial charge < -0.3 is 44.1 Å². The van der Waals surface area contributed by atoms with Crippen LogP contribution in [0.2, 0.25) is 0 Å². The Hall–Kier alpha value is -4.57. The highest BCUT2D eigenvalue weighted by Gasteiger charge is 2.36. The average molecular weight is 722 g/mol. The van der Waals surface area contributed by atoms with Crippen LogP contribution in [0.15, 0.2) is 42.7 Å².